The van der Waals surface area contributed by atoms with Crippen molar-refractivity contribution in [2.45, 2.75) is 11.0 Å². The lowest BCUT2D eigenvalue weighted by Gasteiger charge is -1.99. The molecule has 0 fully saturated rings. The zero-order valence-electron chi connectivity index (χ0n) is 11.8. The van der Waals surface area contributed by atoms with Crippen LogP contribution in [0, 0.1) is 0 Å². The number of halogens is 1. The van der Waals surface area contributed by atoms with Gasteiger partial charge in [-0.05, 0) is 42.0 Å². The maximum Gasteiger partial charge on any atom is 0.277 e. The van der Waals surface area contributed by atoms with Crippen molar-refractivity contribution in [1.82, 2.24) is 10.2 Å². The quantitative estimate of drug-likeness (QED) is 0.634. The minimum atomic E-state index is 0.501. The molecule has 4 nitrogen and oxygen atoms in total. The van der Waals surface area contributed by atoms with E-state index in [0.29, 0.717) is 11.1 Å². The van der Waals surface area contributed by atoms with Gasteiger partial charge in [0.1, 0.15) is 5.75 Å². The fraction of sp³-hybridized carbons (Fsp3) is 0.125. The standard InChI is InChI=1S/C16H13ClN2O2S/c1-20-14-8-4-12(5-9-14)15-18-19-16(21-15)22-10-11-2-6-13(17)7-3-11/h2-9H,10H2,1H3. The van der Waals surface area contributed by atoms with Gasteiger partial charge in [0.25, 0.3) is 5.22 Å². The molecule has 0 aliphatic heterocycles. The molecule has 0 radical (unpaired) electrons. The Kier molecular flexibility index (Phi) is 4.65. The number of nitrogens with zero attached hydrogens (tertiary/aromatic N) is 2. The molecule has 0 aliphatic carbocycles. The van der Waals surface area contributed by atoms with Gasteiger partial charge in [0.05, 0.1) is 7.11 Å². The highest BCUT2D eigenvalue weighted by Crippen LogP contribution is 2.27. The second-order valence-corrected chi connectivity index (χ2v) is 5.88. The van der Waals surface area contributed by atoms with E-state index in [1.165, 1.54) is 11.8 Å². The Labute approximate surface area is 137 Å². The monoisotopic (exact) mass is 332 g/mol. The van der Waals surface area contributed by atoms with Gasteiger partial charge < -0.3 is 9.15 Å². The van der Waals surface area contributed by atoms with Gasteiger partial charge in [0, 0.05) is 16.3 Å². The summed E-state index contributed by atoms with van der Waals surface area (Å²) in [6.45, 7) is 0. The van der Waals surface area contributed by atoms with Crippen LogP contribution in [-0.4, -0.2) is 17.3 Å². The molecule has 3 aromatic rings. The fourth-order valence-corrected chi connectivity index (χ4v) is 2.69. The van der Waals surface area contributed by atoms with Crippen LogP contribution in [0.3, 0.4) is 0 Å². The zero-order chi connectivity index (χ0) is 15.4. The lowest BCUT2D eigenvalue weighted by Crippen LogP contribution is -1.82. The van der Waals surface area contributed by atoms with Crippen LogP contribution in [0.2, 0.25) is 5.02 Å². The molecule has 22 heavy (non-hydrogen) atoms. The molecule has 3 rings (SSSR count). The van der Waals surface area contributed by atoms with Crippen molar-refractivity contribution in [3.8, 4) is 17.2 Å². The number of benzene rings is 2. The summed E-state index contributed by atoms with van der Waals surface area (Å²) in [5.41, 5.74) is 2.02. The Morgan fingerprint density at radius 1 is 1.05 bits per heavy atom. The zero-order valence-corrected chi connectivity index (χ0v) is 13.4. The topological polar surface area (TPSA) is 48.2 Å². The third-order valence-electron chi connectivity index (χ3n) is 3.02. The Bertz CT molecular complexity index is 742. The van der Waals surface area contributed by atoms with Crippen molar-refractivity contribution < 1.29 is 9.15 Å². The van der Waals surface area contributed by atoms with Crippen molar-refractivity contribution in [1.29, 1.82) is 0 Å². The van der Waals surface area contributed by atoms with Gasteiger partial charge in [-0.15, -0.1) is 10.2 Å². The van der Waals surface area contributed by atoms with Gasteiger partial charge in [-0.3, -0.25) is 0 Å². The Hall–Kier alpha value is -1.98. The van der Waals surface area contributed by atoms with E-state index >= 15 is 0 Å². The largest absolute Gasteiger partial charge is 0.497 e. The predicted octanol–water partition coefficient (Wildman–Crippen LogP) is 4.69. The molecule has 6 heteroatoms. The average Bonchev–Trinajstić information content (AvgIpc) is 3.03. The normalized spacial score (nSPS) is 10.6. The van der Waals surface area contributed by atoms with Crippen LogP contribution in [-0.2, 0) is 5.75 Å². The molecule has 0 unspecified atom stereocenters. The lowest BCUT2D eigenvalue weighted by atomic mass is 10.2. The SMILES string of the molecule is COc1ccc(-c2nnc(SCc3ccc(Cl)cc3)o2)cc1. The third-order valence-corrected chi connectivity index (χ3v) is 4.16. The van der Waals surface area contributed by atoms with Gasteiger partial charge in [-0.1, -0.05) is 35.5 Å². The Morgan fingerprint density at radius 2 is 1.77 bits per heavy atom. The molecule has 0 amide bonds. The van der Waals surface area contributed by atoms with E-state index in [1.54, 1.807) is 7.11 Å². The van der Waals surface area contributed by atoms with Gasteiger partial charge in [0.15, 0.2) is 0 Å². The third kappa shape index (κ3) is 3.61. The highest BCUT2D eigenvalue weighted by molar-refractivity contribution is 7.98. The highest BCUT2D eigenvalue weighted by atomic mass is 35.5. The Morgan fingerprint density at radius 3 is 2.45 bits per heavy atom. The lowest BCUT2D eigenvalue weighted by molar-refractivity contribution is 0.414. The first kappa shape index (κ1) is 14.9. The molecule has 0 saturated carbocycles. The van der Waals surface area contributed by atoms with Gasteiger partial charge >= 0.3 is 0 Å². The molecule has 0 N–H and O–H groups in total. The molecule has 2 aromatic carbocycles. The first-order valence-electron chi connectivity index (χ1n) is 6.60. The molecular weight excluding hydrogens is 320 g/mol. The van der Waals surface area contributed by atoms with Crippen LogP contribution in [0.15, 0.2) is 58.2 Å². The Balaban J connectivity index is 1.66. The maximum atomic E-state index is 5.86. The van der Waals surface area contributed by atoms with Crippen molar-refractivity contribution in [3.63, 3.8) is 0 Å². The molecule has 0 aliphatic rings. The fourth-order valence-electron chi connectivity index (χ4n) is 1.84. The summed E-state index contributed by atoms with van der Waals surface area (Å²) in [5, 5.41) is 9.40. The van der Waals surface area contributed by atoms with Crippen LogP contribution < -0.4 is 4.74 Å². The van der Waals surface area contributed by atoms with Crippen molar-refractivity contribution in [2.75, 3.05) is 7.11 Å². The molecule has 0 bridgehead atoms. The van der Waals surface area contributed by atoms with Crippen molar-refractivity contribution >= 4 is 23.4 Å². The number of methoxy groups -OCH3 is 1. The number of hydrogen-bond donors (Lipinski definition) is 0. The summed E-state index contributed by atoms with van der Waals surface area (Å²) in [6.07, 6.45) is 0. The molecule has 0 atom stereocenters. The summed E-state index contributed by atoms with van der Waals surface area (Å²) in [6, 6.07) is 15.2. The number of ether oxygens (including phenoxy) is 1. The van der Waals surface area contributed by atoms with E-state index in [-0.39, 0.29) is 0 Å². The summed E-state index contributed by atoms with van der Waals surface area (Å²) >= 11 is 7.36. The predicted molar refractivity (Wildman–Crippen MR) is 87.3 cm³/mol. The van der Waals surface area contributed by atoms with E-state index in [4.69, 9.17) is 20.8 Å². The summed E-state index contributed by atoms with van der Waals surface area (Å²) < 4.78 is 10.8. The van der Waals surface area contributed by atoms with Crippen LogP contribution in [0.1, 0.15) is 5.56 Å². The number of hydrogen-bond acceptors (Lipinski definition) is 5. The summed E-state index contributed by atoms with van der Waals surface area (Å²) in [4.78, 5) is 0. The minimum Gasteiger partial charge on any atom is -0.497 e. The molecule has 1 heterocycles. The summed E-state index contributed by atoms with van der Waals surface area (Å²) in [5.74, 6) is 2.04. The van der Waals surface area contributed by atoms with E-state index in [9.17, 15) is 0 Å². The second kappa shape index (κ2) is 6.85. The van der Waals surface area contributed by atoms with Gasteiger partial charge in [0.2, 0.25) is 5.89 Å². The average molecular weight is 333 g/mol. The van der Waals surface area contributed by atoms with E-state index in [2.05, 4.69) is 10.2 Å². The first-order chi connectivity index (χ1) is 10.7. The highest BCUT2D eigenvalue weighted by Gasteiger charge is 2.09. The minimum absolute atomic E-state index is 0.501. The van der Waals surface area contributed by atoms with E-state index < -0.39 is 0 Å². The van der Waals surface area contributed by atoms with Crippen LogP contribution in [0.5, 0.6) is 5.75 Å². The van der Waals surface area contributed by atoms with Crippen LogP contribution in [0.25, 0.3) is 11.5 Å². The van der Waals surface area contributed by atoms with Crippen LogP contribution >= 0.6 is 23.4 Å². The number of aromatic nitrogens is 2. The molecule has 0 saturated heterocycles. The summed E-state index contributed by atoms with van der Waals surface area (Å²) in [7, 11) is 1.63. The maximum absolute atomic E-state index is 5.86. The number of thioether (sulfide) groups is 1. The molecule has 112 valence electrons. The van der Waals surface area contributed by atoms with Gasteiger partial charge in [-0.2, -0.15) is 0 Å². The second-order valence-electron chi connectivity index (χ2n) is 4.52. The van der Waals surface area contributed by atoms with E-state index in [0.717, 1.165) is 27.7 Å². The smallest absolute Gasteiger partial charge is 0.277 e. The molecule has 0 spiro atoms. The number of rotatable bonds is 5. The van der Waals surface area contributed by atoms with Crippen LogP contribution in [0.4, 0.5) is 0 Å². The van der Waals surface area contributed by atoms with Gasteiger partial charge in [-0.25, -0.2) is 0 Å². The first-order valence-corrected chi connectivity index (χ1v) is 7.96. The molecular formula is C16H13ClN2O2S. The molecule has 1 aromatic heterocycles. The van der Waals surface area contributed by atoms with E-state index in [1.807, 2.05) is 48.5 Å². The van der Waals surface area contributed by atoms with Crippen molar-refractivity contribution in [3.05, 3.63) is 59.1 Å². The van der Waals surface area contributed by atoms with Crippen molar-refractivity contribution in [2.24, 2.45) is 0 Å².